The minimum atomic E-state index is -3.10. The molecule has 1 aromatic rings. The Kier molecular flexibility index (Phi) is 4.44. The van der Waals surface area contributed by atoms with Crippen molar-refractivity contribution in [2.24, 2.45) is 0 Å². The second kappa shape index (κ2) is 5.92. The molecule has 0 saturated carbocycles. The summed E-state index contributed by atoms with van der Waals surface area (Å²) in [5.74, 6) is 2.43. The number of aromatic nitrogens is 2. The molecule has 1 aromatic heterocycles. The van der Waals surface area contributed by atoms with Gasteiger partial charge in [-0.15, -0.1) is 0 Å². The van der Waals surface area contributed by atoms with Gasteiger partial charge in [-0.3, -0.25) is 0 Å². The fourth-order valence-electron chi connectivity index (χ4n) is 2.18. The van der Waals surface area contributed by atoms with E-state index in [2.05, 4.69) is 20.2 Å². The van der Waals surface area contributed by atoms with Gasteiger partial charge in [0, 0.05) is 45.7 Å². The van der Waals surface area contributed by atoms with Crippen molar-refractivity contribution in [1.29, 1.82) is 0 Å². The summed E-state index contributed by atoms with van der Waals surface area (Å²) in [6.07, 6.45) is 2.02. The van der Waals surface area contributed by atoms with E-state index in [-0.39, 0.29) is 0 Å². The SMILES string of the molecule is CCc1nc(NC)cc(N2CCN(S(C)(=O)=O)CC2)n1. The highest BCUT2D eigenvalue weighted by molar-refractivity contribution is 7.88. The van der Waals surface area contributed by atoms with Gasteiger partial charge in [-0.05, 0) is 0 Å². The third-order valence-corrected chi connectivity index (χ3v) is 4.67. The third-order valence-electron chi connectivity index (χ3n) is 3.36. The summed E-state index contributed by atoms with van der Waals surface area (Å²) >= 11 is 0. The zero-order valence-electron chi connectivity index (χ0n) is 12.1. The molecule has 1 N–H and O–H groups in total. The highest BCUT2D eigenvalue weighted by Crippen LogP contribution is 2.18. The summed E-state index contributed by atoms with van der Waals surface area (Å²) < 4.78 is 24.5. The number of nitrogens with zero attached hydrogens (tertiary/aromatic N) is 4. The number of sulfonamides is 1. The van der Waals surface area contributed by atoms with E-state index in [1.54, 1.807) is 0 Å². The quantitative estimate of drug-likeness (QED) is 0.853. The lowest BCUT2D eigenvalue weighted by Crippen LogP contribution is -2.48. The number of rotatable bonds is 4. The fourth-order valence-corrected chi connectivity index (χ4v) is 3.01. The first-order valence-corrected chi connectivity index (χ1v) is 8.54. The topological polar surface area (TPSA) is 78.4 Å². The van der Waals surface area contributed by atoms with Gasteiger partial charge in [-0.25, -0.2) is 18.4 Å². The summed E-state index contributed by atoms with van der Waals surface area (Å²) in [6, 6.07) is 1.90. The van der Waals surface area contributed by atoms with Gasteiger partial charge in [0.25, 0.3) is 0 Å². The Labute approximate surface area is 120 Å². The Balaban J connectivity index is 2.14. The Morgan fingerprint density at radius 3 is 2.40 bits per heavy atom. The molecule has 0 bridgehead atoms. The molecule has 2 rings (SSSR count). The molecule has 0 aliphatic carbocycles. The first kappa shape index (κ1) is 15.0. The predicted octanol–water partition coefficient (Wildman–Crippen LogP) is 0.162. The van der Waals surface area contributed by atoms with Crippen molar-refractivity contribution in [3.8, 4) is 0 Å². The Morgan fingerprint density at radius 2 is 1.90 bits per heavy atom. The van der Waals surface area contributed by atoms with E-state index in [1.165, 1.54) is 10.6 Å². The molecule has 1 aliphatic rings. The van der Waals surface area contributed by atoms with Gasteiger partial charge < -0.3 is 10.2 Å². The van der Waals surface area contributed by atoms with Crippen LogP contribution in [-0.2, 0) is 16.4 Å². The van der Waals surface area contributed by atoms with Crippen molar-refractivity contribution >= 4 is 21.7 Å². The lowest BCUT2D eigenvalue weighted by Gasteiger charge is -2.34. The fraction of sp³-hybridized carbons (Fsp3) is 0.667. The van der Waals surface area contributed by atoms with Crippen LogP contribution in [0.2, 0.25) is 0 Å². The Hall–Kier alpha value is -1.41. The monoisotopic (exact) mass is 299 g/mol. The van der Waals surface area contributed by atoms with E-state index < -0.39 is 10.0 Å². The maximum absolute atomic E-state index is 11.5. The largest absolute Gasteiger partial charge is 0.373 e. The van der Waals surface area contributed by atoms with Crippen LogP contribution in [0.1, 0.15) is 12.7 Å². The lowest BCUT2D eigenvalue weighted by molar-refractivity contribution is 0.387. The molecule has 7 nitrogen and oxygen atoms in total. The van der Waals surface area contributed by atoms with Crippen LogP contribution in [0, 0.1) is 0 Å². The van der Waals surface area contributed by atoms with Crippen molar-refractivity contribution in [3.05, 3.63) is 11.9 Å². The molecule has 20 heavy (non-hydrogen) atoms. The number of piperazine rings is 1. The Morgan fingerprint density at radius 1 is 1.25 bits per heavy atom. The third kappa shape index (κ3) is 3.37. The molecule has 8 heteroatoms. The molecule has 1 saturated heterocycles. The standard InChI is InChI=1S/C12H21N5O2S/c1-4-10-14-11(13-2)9-12(15-10)16-5-7-17(8-6-16)20(3,18)19/h9H,4-8H2,1-3H3,(H,13,14,15). The minimum absolute atomic E-state index is 0.499. The average molecular weight is 299 g/mol. The molecule has 112 valence electrons. The molecular weight excluding hydrogens is 278 g/mol. The van der Waals surface area contributed by atoms with Gasteiger partial charge in [0.05, 0.1) is 6.26 Å². The molecule has 0 atom stereocenters. The molecule has 1 aliphatic heterocycles. The molecule has 0 radical (unpaired) electrons. The van der Waals surface area contributed by atoms with E-state index in [9.17, 15) is 8.42 Å². The zero-order chi connectivity index (χ0) is 14.8. The van der Waals surface area contributed by atoms with Crippen LogP contribution in [0.4, 0.5) is 11.6 Å². The molecule has 0 aromatic carbocycles. The average Bonchev–Trinajstić information content (AvgIpc) is 2.46. The van der Waals surface area contributed by atoms with Crippen LogP contribution in [0.5, 0.6) is 0 Å². The van der Waals surface area contributed by atoms with Gasteiger partial charge in [0.2, 0.25) is 10.0 Å². The van der Waals surface area contributed by atoms with Crippen LogP contribution in [0.3, 0.4) is 0 Å². The summed E-state index contributed by atoms with van der Waals surface area (Å²) in [6.45, 7) is 4.31. The summed E-state index contributed by atoms with van der Waals surface area (Å²) in [7, 11) is -1.27. The van der Waals surface area contributed by atoms with E-state index in [1.807, 2.05) is 20.0 Å². The van der Waals surface area contributed by atoms with Crippen LogP contribution in [0.25, 0.3) is 0 Å². The molecule has 0 unspecified atom stereocenters. The lowest BCUT2D eigenvalue weighted by atomic mass is 10.3. The molecular formula is C12H21N5O2S. The Bertz CT molecular complexity index is 545. The van der Waals surface area contributed by atoms with E-state index in [0.29, 0.717) is 26.2 Å². The number of hydrogen-bond acceptors (Lipinski definition) is 6. The minimum Gasteiger partial charge on any atom is -0.373 e. The van der Waals surface area contributed by atoms with Crippen LogP contribution in [-0.4, -0.2) is 62.2 Å². The maximum atomic E-state index is 11.5. The van der Waals surface area contributed by atoms with Crippen molar-refractivity contribution in [2.45, 2.75) is 13.3 Å². The van der Waals surface area contributed by atoms with E-state index in [0.717, 1.165) is 23.9 Å². The van der Waals surface area contributed by atoms with Crippen molar-refractivity contribution in [2.75, 3.05) is 49.7 Å². The van der Waals surface area contributed by atoms with Gasteiger partial charge >= 0.3 is 0 Å². The van der Waals surface area contributed by atoms with E-state index in [4.69, 9.17) is 0 Å². The number of hydrogen-bond donors (Lipinski definition) is 1. The summed E-state index contributed by atoms with van der Waals surface area (Å²) in [4.78, 5) is 11.0. The van der Waals surface area contributed by atoms with Crippen LogP contribution in [0.15, 0.2) is 6.07 Å². The molecule has 0 amide bonds. The van der Waals surface area contributed by atoms with E-state index >= 15 is 0 Å². The highest BCUT2D eigenvalue weighted by Gasteiger charge is 2.24. The predicted molar refractivity (Wildman–Crippen MR) is 79.6 cm³/mol. The summed E-state index contributed by atoms with van der Waals surface area (Å²) in [5.41, 5.74) is 0. The second-order valence-corrected chi connectivity index (χ2v) is 6.76. The number of aryl methyl sites for hydroxylation is 1. The van der Waals surface area contributed by atoms with Crippen LogP contribution >= 0.6 is 0 Å². The summed E-state index contributed by atoms with van der Waals surface area (Å²) in [5, 5.41) is 3.03. The number of nitrogens with one attached hydrogen (secondary N) is 1. The van der Waals surface area contributed by atoms with Crippen LogP contribution < -0.4 is 10.2 Å². The maximum Gasteiger partial charge on any atom is 0.211 e. The first-order valence-electron chi connectivity index (χ1n) is 6.70. The molecule has 2 heterocycles. The van der Waals surface area contributed by atoms with Gasteiger partial charge in [0.15, 0.2) is 0 Å². The van der Waals surface area contributed by atoms with Crippen molar-refractivity contribution in [1.82, 2.24) is 14.3 Å². The van der Waals surface area contributed by atoms with Gasteiger partial charge in [-0.2, -0.15) is 4.31 Å². The zero-order valence-corrected chi connectivity index (χ0v) is 12.9. The normalized spacial score (nSPS) is 17.2. The first-order chi connectivity index (χ1) is 9.44. The van der Waals surface area contributed by atoms with Gasteiger partial charge in [-0.1, -0.05) is 6.92 Å². The van der Waals surface area contributed by atoms with Crippen molar-refractivity contribution < 1.29 is 8.42 Å². The van der Waals surface area contributed by atoms with Gasteiger partial charge in [0.1, 0.15) is 17.5 Å². The highest BCUT2D eigenvalue weighted by atomic mass is 32.2. The smallest absolute Gasteiger partial charge is 0.211 e. The second-order valence-electron chi connectivity index (χ2n) is 4.78. The van der Waals surface area contributed by atoms with Crippen molar-refractivity contribution in [3.63, 3.8) is 0 Å². The number of anilines is 2. The molecule has 1 fully saturated rings. The molecule has 0 spiro atoms.